The largest absolute Gasteiger partial charge is 0.396 e. The third kappa shape index (κ3) is 4.56. The highest BCUT2D eigenvalue weighted by Gasteiger charge is 2.32. The first-order valence-electron chi connectivity index (χ1n) is 3.83. The predicted octanol–water partition coefficient (Wildman–Crippen LogP) is -0.658. The van der Waals surface area contributed by atoms with Crippen LogP contribution in [0.25, 0.3) is 0 Å². The van der Waals surface area contributed by atoms with E-state index in [1.54, 1.807) is 13.8 Å². The third-order valence-electron chi connectivity index (χ3n) is 1.74. The SMILES string of the molecule is CC(C)(CO)C(CO)OS(C)(=O)=O. The van der Waals surface area contributed by atoms with Gasteiger partial charge < -0.3 is 10.2 Å². The van der Waals surface area contributed by atoms with Gasteiger partial charge in [0.2, 0.25) is 0 Å². The molecule has 0 rings (SSSR count). The summed E-state index contributed by atoms with van der Waals surface area (Å²) in [6, 6.07) is 0. The molecule has 0 fully saturated rings. The maximum absolute atomic E-state index is 10.7. The van der Waals surface area contributed by atoms with E-state index in [1.165, 1.54) is 0 Å². The van der Waals surface area contributed by atoms with Gasteiger partial charge in [-0.25, -0.2) is 0 Å². The lowest BCUT2D eigenvalue weighted by Gasteiger charge is -2.29. The van der Waals surface area contributed by atoms with Crippen LogP contribution in [0.1, 0.15) is 13.8 Å². The van der Waals surface area contributed by atoms with Crippen molar-refractivity contribution < 1.29 is 22.8 Å². The molecule has 13 heavy (non-hydrogen) atoms. The molecule has 0 aromatic carbocycles. The van der Waals surface area contributed by atoms with Crippen LogP contribution in [-0.4, -0.2) is 44.2 Å². The Kier molecular flexibility index (Phi) is 4.31. The highest BCUT2D eigenvalue weighted by Crippen LogP contribution is 2.23. The number of hydrogen-bond donors (Lipinski definition) is 2. The molecule has 80 valence electrons. The molecule has 1 atom stereocenters. The Hall–Kier alpha value is -0.170. The lowest BCUT2D eigenvalue weighted by molar-refractivity contribution is -0.00489. The van der Waals surface area contributed by atoms with Crippen molar-refractivity contribution in [2.45, 2.75) is 20.0 Å². The first-order chi connectivity index (χ1) is 5.73. The number of hydrogen-bond acceptors (Lipinski definition) is 5. The molecule has 6 heteroatoms. The van der Waals surface area contributed by atoms with Gasteiger partial charge in [0.15, 0.2) is 0 Å². The van der Waals surface area contributed by atoms with Gasteiger partial charge in [-0.2, -0.15) is 8.42 Å². The Morgan fingerprint density at radius 1 is 1.38 bits per heavy atom. The number of aliphatic hydroxyl groups excluding tert-OH is 2. The quantitative estimate of drug-likeness (QED) is 0.591. The second-order valence-corrected chi connectivity index (χ2v) is 5.22. The molecule has 2 N–H and O–H groups in total. The van der Waals surface area contributed by atoms with Gasteiger partial charge in [-0.05, 0) is 0 Å². The molecule has 5 nitrogen and oxygen atoms in total. The highest BCUT2D eigenvalue weighted by atomic mass is 32.2. The van der Waals surface area contributed by atoms with Gasteiger partial charge in [0.25, 0.3) is 10.1 Å². The van der Waals surface area contributed by atoms with Crippen molar-refractivity contribution in [1.29, 1.82) is 0 Å². The van der Waals surface area contributed by atoms with Gasteiger partial charge in [-0.15, -0.1) is 0 Å². The normalized spacial score (nSPS) is 15.8. The summed E-state index contributed by atoms with van der Waals surface area (Å²) in [5.74, 6) is 0. The van der Waals surface area contributed by atoms with E-state index in [9.17, 15) is 8.42 Å². The van der Waals surface area contributed by atoms with Gasteiger partial charge in [0.05, 0.1) is 19.5 Å². The molecule has 0 radical (unpaired) electrons. The van der Waals surface area contributed by atoms with E-state index in [1.807, 2.05) is 0 Å². The Balaban J connectivity index is 4.53. The molecule has 0 amide bonds. The van der Waals surface area contributed by atoms with Gasteiger partial charge in [0.1, 0.15) is 6.10 Å². The van der Waals surface area contributed by atoms with Crippen molar-refractivity contribution in [3.8, 4) is 0 Å². The van der Waals surface area contributed by atoms with E-state index in [2.05, 4.69) is 4.18 Å². The summed E-state index contributed by atoms with van der Waals surface area (Å²) in [6.07, 6.45) is -0.00385. The highest BCUT2D eigenvalue weighted by molar-refractivity contribution is 7.86. The summed E-state index contributed by atoms with van der Waals surface area (Å²) < 4.78 is 26.1. The van der Waals surface area contributed by atoms with Gasteiger partial charge in [-0.1, -0.05) is 13.8 Å². The van der Waals surface area contributed by atoms with Crippen molar-refractivity contribution in [2.24, 2.45) is 5.41 Å². The standard InChI is InChI=1S/C7H16O5S/c1-7(2,5-9)6(4-8)12-13(3,10)11/h6,8-9H,4-5H2,1-3H3. The van der Waals surface area contributed by atoms with Gasteiger partial charge in [0, 0.05) is 5.41 Å². The first kappa shape index (κ1) is 12.8. The summed E-state index contributed by atoms with van der Waals surface area (Å²) in [5, 5.41) is 17.8. The fourth-order valence-corrected chi connectivity index (χ4v) is 1.46. The van der Waals surface area contributed by atoms with Crippen molar-refractivity contribution in [3.05, 3.63) is 0 Å². The van der Waals surface area contributed by atoms with Gasteiger partial charge in [-0.3, -0.25) is 4.18 Å². The van der Waals surface area contributed by atoms with E-state index >= 15 is 0 Å². The van der Waals surface area contributed by atoms with Crippen LogP contribution >= 0.6 is 0 Å². The summed E-state index contributed by atoms with van der Waals surface area (Å²) in [6.45, 7) is 2.52. The van der Waals surface area contributed by atoms with Crippen LogP contribution in [0.4, 0.5) is 0 Å². The van der Waals surface area contributed by atoms with E-state index in [4.69, 9.17) is 10.2 Å². The van der Waals surface area contributed by atoms with Crippen molar-refractivity contribution in [3.63, 3.8) is 0 Å². The van der Waals surface area contributed by atoms with Crippen LogP contribution in [0.2, 0.25) is 0 Å². The summed E-state index contributed by atoms with van der Waals surface area (Å²) in [5.41, 5.74) is -0.780. The first-order valence-corrected chi connectivity index (χ1v) is 5.64. The van der Waals surface area contributed by atoms with Crippen molar-refractivity contribution in [1.82, 2.24) is 0 Å². The molecule has 0 aliphatic heterocycles. The maximum atomic E-state index is 10.7. The van der Waals surface area contributed by atoms with Crippen LogP contribution < -0.4 is 0 Å². The molecule has 0 aromatic rings. The monoisotopic (exact) mass is 212 g/mol. The average molecular weight is 212 g/mol. The van der Waals surface area contributed by atoms with E-state index in [0.29, 0.717) is 0 Å². The number of aliphatic hydroxyl groups is 2. The zero-order valence-corrected chi connectivity index (χ0v) is 8.84. The minimum Gasteiger partial charge on any atom is -0.396 e. The van der Waals surface area contributed by atoms with Crippen LogP contribution in [0.5, 0.6) is 0 Å². The molecule has 0 aliphatic rings. The molecular formula is C7H16O5S. The van der Waals surface area contributed by atoms with Crippen LogP contribution in [0.3, 0.4) is 0 Å². The molecule has 0 saturated heterocycles. The zero-order chi connectivity index (χ0) is 10.7. The lowest BCUT2D eigenvalue weighted by Crippen LogP contribution is -2.39. The minimum absolute atomic E-state index is 0.256. The zero-order valence-electron chi connectivity index (χ0n) is 8.02. The smallest absolute Gasteiger partial charge is 0.264 e. The van der Waals surface area contributed by atoms with Crippen LogP contribution in [0.15, 0.2) is 0 Å². The lowest BCUT2D eigenvalue weighted by atomic mass is 9.88. The topological polar surface area (TPSA) is 83.8 Å². The fraction of sp³-hybridized carbons (Fsp3) is 1.00. The predicted molar refractivity (Wildman–Crippen MR) is 47.7 cm³/mol. The van der Waals surface area contributed by atoms with E-state index < -0.39 is 28.2 Å². The molecule has 0 saturated carbocycles. The summed E-state index contributed by atoms with van der Waals surface area (Å²) in [4.78, 5) is 0. The van der Waals surface area contributed by atoms with Crippen LogP contribution in [-0.2, 0) is 14.3 Å². The van der Waals surface area contributed by atoms with E-state index in [0.717, 1.165) is 6.26 Å². The molecule has 0 spiro atoms. The molecule has 0 aromatic heterocycles. The average Bonchev–Trinajstić information content (AvgIpc) is 1.98. The van der Waals surface area contributed by atoms with E-state index in [-0.39, 0.29) is 6.61 Å². The Morgan fingerprint density at radius 2 is 1.85 bits per heavy atom. The second-order valence-electron chi connectivity index (χ2n) is 3.62. The Morgan fingerprint density at radius 3 is 2.08 bits per heavy atom. The van der Waals surface area contributed by atoms with Gasteiger partial charge >= 0.3 is 0 Å². The second kappa shape index (κ2) is 4.36. The Bertz CT molecular complexity index is 244. The summed E-state index contributed by atoms with van der Waals surface area (Å²) in [7, 11) is -3.60. The molecule has 0 aliphatic carbocycles. The van der Waals surface area contributed by atoms with Crippen molar-refractivity contribution in [2.75, 3.05) is 19.5 Å². The fourth-order valence-electron chi connectivity index (χ4n) is 0.721. The molecule has 0 heterocycles. The third-order valence-corrected chi connectivity index (χ3v) is 2.32. The molecule has 0 bridgehead atoms. The maximum Gasteiger partial charge on any atom is 0.264 e. The number of rotatable bonds is 5. The molecular weight excluding hydrogens is 196 g/mol. The van der Waals surface area contributed by atoms with Crippen molar-refractivity contribution >= 4 is 10.1 Å². The molecule has 1 unspecified atom stereocenters. The Labute approximate surface area is 78.5 Å². The summed E-state index contributed by atoms with van der Waals surface area (Å²) >= 11 is 0. The van der Waals surface area contributed by atoms with Crippen LogP contribution in [0, 0.1) is 5.41 Å². The minimum atomic E-state index is -3.60.